The molecule has 0 radical (unpaired) electrons. The van der Waals surface area contributed by atoms with Crippen LogP contribution in [0.2, 0.25) is 10.0 Å². The monoisotopic (exact) mass is 292 g/mol. The van der Waals surface area contributed by atoms with Gasteiger partial charge in [-0.3, -0.25) is 10.1 Å². The lowest BCUT2D eigenvalue weighted by atomic mass is 10.0. The molecule has 0 amide bonds. The van der Waals surface area contributed by atoms with Crippen molar-refractivity contribution in [1.29, 1.82) is 0 Å². The molecule has 100 valence electrons. The average Bonchev–Trinajstić information content (AvgIpc) is 2.29. The maximum atomic E-state index is 10.9. The second-order valence-electron chi connectivity index (χ2n) is 4.22. The Morgan fingerprint density at radius 1 is 1.39 bits per heavy atom. The first-order valence-electron chi connectivity index (χ1n) is 5.37. The lowest BCUT2D eigenvalue weighted by Crippen LogP contribution is -2.29. The van der Waals surface area contributed by atoms with E-state index < -0.39 is 4.92 Å². The topological polar surface area (TPSA) is 75.4 Å². The molecule has 0 aromatic heterocycles. The summed E-state index contributed by atoms with van der Waals surface area (Å²) in [4.78, 5) is 10.4. The van der Waals surface area contributed by atoms with Gasteiger partial charge >= 0.3 is 0 Å². The van der Waals surface area contributed by atoms with Gasteiger partial charge in [0.1, 0.15) is 5.69 Å². The maximum absolute atomic E-state index is 10.9. The van der Waals surface area contributed by atoms with Gasteiger partial charge in [0.2, 0.25) is 0 Å². The number of benzene rings is 1. The van der Waals surface area contributed by atoms with E-state index in [0.717, 1.165) is 0 Å². The Bertz CT molecular complexity index is 452. The van der Waals surface area contributed by atoms with Gasteiger partial charge in [0.05, 0.1) is 27.6 Å². The van der Waals surface area contributed by atoms with Crippen LogP contribution in [0.5, 0.6) is 0 Å². The number of nitro benzene ring substituents is 1. The summed E-state index contributed by atoms with van der Waals surface area (Å²) >= 11 is 11.6. The lowest BCUT2D eigenvalue weighted by Gasteiger charge is -2.21. The second kappa shape index (κ2) is 6.22. The molecule has 18 heavy (non-hydrogen) atoms. The molecule has 0 saturated carbocycles. The molecule has 7 heteroatoms. The molecule has 0 fully saturated rings. The van der Waals surface area contributed by atoms with Crippen molar-refractivity contribution >= 4 is 34.6 Å². The molecule has 2 N–H and O–H groups in total. The first kappa shape index (κ1) is 15.0. The Hall–Kier alpha value is -1.04. The van der Waals surface area contributed by atoms with E-state index in [4.69, 9.17) is 23.2 Å². The van der Waals surface area contributed by atoms with Gasteiger partial charge < -0.3 is 10.4 Å². The van der Waals surface area contributed by atoms with Crippen LogP contribution in [0.3, 0.4) is 0 Å². The Morgan fingerprint density at radius 2 is 1.94 bits per heavy atom. The Morgan fingerprint density at radius 3 is 2.39 bits per heavy atom. The molecule has 0 aliphatic rings. The molecular weight excluding hydrogens is 279 g/mol. The maximum Gasteiger partial charge on any atom is 0.293 e. The van der Waals surface area contributed by atoms with Crippen molar-refractivity contribution in [2.45, 2.75) is 19.9 Å². The van der Waals surface area contributed by atoms with Crippen LogP contribution in [-0.4, -0.2) is 22.7 Å². The zero-order valence-electron chi connectivity index (χ0n) is 9.98. The smallest absolute Gasteiger partial charge is 0.293 e. The fourth-order valence-corrected chi connectivity index (χ4v) is 1.75. The number of aliphatic hydroxyl groups is 1. The summed E-state index contributed by atoms with van der Waals surface area (Å²) < 4.78 is 0. The van der Waals surface area contributed by atoms with Gasteiger partial charge in [-0.25, -0.2) is 0 Å². The number of hydrogen-bond donors (Lipinski definition) is 2. The Labute approximate surface area is 115 Å². The lowest BCUT2D eigenvalue weighted by molar-refractivity contribution is -0.384. The third-order valence-electron chi connectivity index (χ3n) is 2.58. The molecule has 1 aromatic carbocycles. The van der Waals surface area contributed by atoms with Gasteiger partial charge in [-0.1, -0.05) is 37.0 Å². The molecule has 0 bridgehead atoms. The minimum absolute atomic E-state index is 0.115. The van der Waals surface area contributed by atoms with Crippen molar-refractivity contribution in [3.8, 4) is 0 Å². The van der Waals surface area contributed by atoms with Crippen molar-refractivity contribution in [2.24, 2.45) is 5.92 Å². The molecule has 0 aliphatic carbocycles. The number of nitrogens with one attached hydrogen (secondary N) is 1. The Balaban J connectivity index is 3.14. The van der Waals surface area contributed by atoms with Crippen molar-refractivity contribution < 1.29 is 10.0 Å². The zero-order valence-corrected chi connectivity index (χ0v) is 11.5. The molecule has 0 spiro atoms. The van der Waals surface area contributed by atoms with Gasteiger partial charge in [0, 0.05) is 6.07 Å². The molecule has 1 aromatic rings. The standard InChI is InChI=1S/C11H14Cl2N2O3/c1-6(2)10(5-16)14-9-3-7(12)8(13)4-11(9)15(17)18/h3-4,6,10,14,16H,5H2,1-2H3. The van der Waals surface area contributed by atoms with Gasteiger partial charge in [-0.2, -0.15) is 0 Å². The SMILES string of the molecule is CC(C)C(CO)Nc1cc(Cl)c(Cl)cc1[N+](=O)[O-]. The summed E-state index contributed by atoms with van der Waals surface area (Å²) in [6, 6.07) is 2.30. The van der Waals surface area contributed by atoms with E-state index >= 15 is 0 Å². The summed E-state index contributed by atoms with van der Waals surface area (Å²) in [6.45, 7) is 3.67. The summed E-state index contributed by atoms with van der Waals surface area (Å²) in [5, 5.41) is 23.4. The van der Waals surface area contributed by atoms with E-state index in [9.17, 15) is 15.2 Å². The minimum Gasteiger partial charge on any atom is -0.394 e. The van der Waals surface area contributed by atoms with Crippen molar-refractivity contribution in [3.63, 3.8) is 0 Å². The van der Waals surface area contributed by atoms with E-state index in [2.05, 4.69) is 5.32 Å². The molecule has 5 nitrogen and oxygen atoms in total. The predicted molar refractivity (Wildman–Crippen MR) is 72.5 cm³/mol. The minimum atomic E-state index is -0.542. The largest absolute Gasteiger partial charge is 0.394 e. The number of rotatable bonds is 5. The second-order valence-corrected chi connectivity index (χ2v) is 5.03. The molecule has 1 rings (SSSR count). The fraction of sp³-hybridized carbons (Fsp3) is 0.455. The number of aliphatic hydroxyl groups excluding tert-OH is 1. The first-order chi connectivity index (χ1) is 8.36. The Kier molecular flexibility index (Phi) is 5.19. The van der Waals surface area contributed by atoms with Crippen LogP contribution in [0.1, 0.15) is 13.8 Å². The molecular formula is C11H14Cl2N2O3. The summed E-state index contributed by atoms with van der Waals surface area (Å²) in [5.41, 5.74) is 0.0886. The molecule has 1 unspecified atom stereocenters. The van der Waals surface area contributed by atoms with Crippen LogP contribution in [-0.2, 0) is 0 Å². The van der Waals surface area contributed by atoms with Gasteiger partial charge in [0.25, 0.3) is 5.69 Å². The van der Waals surface area contributed by atoms with Crippen LogP contribution in [0, 0.1) is 16.0 Å². The highest BCUT2D eigenvalue weighted by molar-refractivity contribution is 6.42. The number of anilines is 1. The third kappa shape index (κ3) is 3.48. The van der Waals surface area contributed by atoms with Gasteiger partial charge in [-0.05, 0) is 12.0 Å². The molecule has 1 atom stereocenters. The summed E-state index contributed by atoms with van der Waals surface area (Å²) in [7, 11) is 0. The van der Waals surface area contributed by atoms with E-state index in [1.807, 2.05) is 13.8 Å². The van der Waals surface area contributed by atoms with Crippen LogP contribution >= 0.6 is 23.2 Å². The van der Waals surface area contributed by atoms with Crippen molar-refractivity contribution in [3.05, 3.63) is 32.3 Å². The van der Waals surface area contributed by atoms with Gasteiger partial charge in [0.15, 0.2) is 0 Å². The third-order valence-corrected chi connectivity index (χ3v) is 3.30. The molecule has 0 saturated heterocycles. The number of nitro groups is 1. The first-order valence-corrected chi connectivity index (χ1v) is 6.13. The van der Waals surface area contributed by atoms with Crippen LogP contribution in [0.15, 0.2) is 12.1 Å². The highest BCUT2D eigenvalue weighted by Crippen LogP contribution is 2.34. The number of halogens is 2. The van der Waals surface area contributed by atoms with E-state index in [-0.39, 0.29) is 40.0 Å². The number of nitrogens with zero attached hydrogens (tertiary/aromatic N) is 1. The zero-order chi connectivity index (χ0) is 13.9. The average molecular weight is 293 g/mol. The molecule has 0 aliphatic heterocycles. The van der Waals surface area contributed by atoms with Crippen LogP contribution < -0.4 is 5.32 Å². The van der Waals surface area contributed by atoms with E-state index in [1.165, 1.54) is 12.1 Å². The van der Waals surface area contributed by atoms with E-state index in [1.54, 1.807) is 0 Å². The highest BCUT2D eigenvalue weighted by Gasteiger charge is 2.20. The fourth-order valence-electron chi connectivity index (χ4n) is 1.43. The summed E-state index contributed by atoms with van der Waals surface area (Å²) in [5.74, 6) is 0.115. The van der Waals surface area contributed by atoms with Gasteiger partial charge in [-0.15, -0.1) is 0 Å². The van der Waals surface area contributed by atoms with Crippen molar-refractivity contribution in [1.82, 2.24) is 0 Å². The van der Waals surface area contributed by atoms with Crippen LogP contribution in [0.4, 0.5) is 11.4 Å². The van der Waals surface area contributed by atoms with Crippen molar-refractivity contribution in [2.75, 3.05) is 11.9 Å². The number of hydrogen-bond acceptors (Lipinski definition) is 4. The molecule has 0 heterocycles. The normalized spacial score (nSPS) is 12.6. The summed E-state index contributed by atoms with van der Waals surface area (Å²) in [6.07, 6.45) is 0. The predicted octanol–water partition coefficient (Wildman–Crippen LogP) is 3.33. The highest BCUT2D eigenvalue weighted by atomic mass is 35.5. The van der Waals surface area contributed by atoms with Crippen LogP contribution in [0.25, 0.3) is 0 Å². The van der Waals surface area contributed by atoms with E-state index in [0.29, 0.717) is 0 Å². The quantitative estimate of drug-likeness (QED) is 0.645.